The predicted molar refractivity (Wildman–Crippen MR) is 120 cm³/mol. The van der Waals surface area contributed by atoms with Gasteiger partial charge in [0.05, 0.1) is 5.75 Å². The zero-order chi connectivity index (χ0) is 20.9. The Morgan fingerprint density at radius 3 is 2.67 bits per heavy atom. The molecule has 1 aromatic heterocycles. The van der Waals surface area contributed by atoms with E-state index in [9.17, 15) is 4.79 Å². The minimum Gasteiger partial charge on any atom is -0.485 e. The van der Waals surface area contributed by atoms with E-state index in [-0.39, 0.29) is 11.7 Å². The molecular weight excluding hydrogens is 396 g/mol. The number of hydrogen-bond acceptors (Lipinski definition) is 5. The minimum absolute atomic E-state index is 0.0861. The summed E-state index contributed by atoms with van der Waals surface area (Å²) in [6.45, 7) is 2.32. The number of thioether (sulfide) groups is 1. The predicted octanol–water partition coefficient (Wildman–Crippen LogP) is 4.59. The van der Waals surface area contributed by atoms with Crippen LogP contribution in [-0.4, -0.2) is 26.4 Å². The molecule has 4 aromatic rings. The van der Waals surface area contributed by atoms with Crippen molar-refractivity contribution < 1.29 is 9.53 Å². The molecule has 0 bridgehead atoms. The van der Waals surface area contributed by atoms with Gasteiger partial charge in [-0.3, -0.25) is 4.79 Å². The molecule has 1 amide bonds. The Bertz CT molecular complexity index is 1180. The summed E-state index contributed by atoms with van der Waals surface area (Å²) >= 11 is 1.35. The molecule has 4 rings (SSSR count). The third-order valence-corrected chi connectivity index (χ3v) is 5.79. The van der Waals surface area contributed by atoms with Gasteiger partial charge in [0.1, 0.15) is 12.4 Å². The number of carbonyl (C=O) groups is 1. The van der Waals surface area contributed by atoms with Crippen molar-refractivity contribution in [1.29, 1.82) is 0 Å². The molecule has 0 aliphatic heterocycles. The normalized spacial score (nSPS) is 10.9. The van der Waals surface area contributed by atoms with E-state index in [4.69, 9.17) is 4.74 Å². The third-order valence-electron chi connectivity index (χ3n) is 4.77. The number of amides is 1. The molecule has 0 radical (unpaired) electrons. The lowest BCUT2D eigenvalue weighted by molar-refractivity contribution is -0.113. The highest BCUT2D eigenvalue weighted by atomic mass is 32.2. The van der Waals surface area contributed by atoms with Crippen LogP contribution in [0.3, 0.4) is 0 Å². The van der Waals surface area contributed by atoms with E-state index in [1.165, 1.54) is 11.8 Å². The Balaban J connectivity index is 1.36. The van der Waals surface area contributed by atoms with Gasteiger partial charge in [-0.25, -0.2) is 0 Å². The number of hydrogen-bond donors (Lipinski definition) is 1. The maximum atomic E-state index is 12.5. The van der Waals surface area contributed by atoms with Gasteiger partial charge in [-0.15, -0.1) is 10.2 Å². The van der Waals surface area contributed by atoms with Gasteiger partial charge in [0, 0.05) is 18.1 Å². The molecule has 0 aliphatic carbocycles. The van der Waals surface area contributed by atoms with Crippen LogP contribution in [0.5, 0.6) is 5.75 Å². The average Bonchev–Trinajstić information content (AvgIpc) is 3.11. The summed E-state index contributed by atoms with van der Waals surface area (Å²) in [5.74, 6) is 1.69. The van der Waals surface area contributed by atoms with Gasteiger partial charge >= 0.3 is 0 Å². The van der Waals surface area contributed by atoms with Crippen molar-refractivity contribution in [2.75, 3.05) is 11.1 Å². The molecule has 0 spiro atoms. The second-order valence-electron chi connectivity index (χ2n) is 6.88. The lowest BCUT2D eigenvalue weighted by Gasteiger charge is -2.09. The highest BCUT2D eigenvalue weighted by Crippen LogP contribution is 2.24. The molecule has 0 atom stereocenters. The highest BCUT2D eigenvalue weighted by Gasteiger charge is 2.13. The maximum Gasteiger partial charge on any atom is 0.234 e. The van der Waals surface area contributed by atoms with Crippen LogP contribution < -0.4 is 10.1 Å². The molecule has 0 saturated carbocycles. The fourth-order valence-corrected chi connectivity index (χ4v) is 3.84. The van der Waals surface area contributed by atoms with Crippen LogP contribution in [0, 0.1) is 6.92 Å². The molecule has 1 heterocycles. The summed E-state index contributed by atoms with van der Waals surface area (Å²) < 4.78 is 7.71. The number of carbonyl (C=O) groups excluding carboxylic acids is 1. The van der Waals surface area contributed by atoms with Crippen molar-refractivity contribution in [3.8, 4) is 5.75 Å². The second-order valence-corrected chi connectivity index (χ2v) is 7.82. The number of ether oxygens (including phenoxy) is 1. The van der Waals surface area contributed by atoms with Gasteiger partial charge < -0.3 is 14.6 Å². The number of nitrogens with zero attached hydrogens (tertiary/aromatic N) is 3. The van der Waals surface area contributed by atoms with Crippen molar-refractivity contribution >= 4 is 34.1 Å². The zero-order valence-electron chi connectivity index (χ0n) is 16.8. The molecular formula is C23H22N4O2S. The second kappa shape index (κ2) is 9.00. The molecule has 1 N–H and O–H groups in total. The minimum atomic E-state index is -0.0861. The number of benzene rings is 3. The van der Waals surface area contributed by atoms with Gasteiger partial charge in [0.15, 0.2) is 11.0 Å². The molecule has 0 unspecified atom stereocenters. The van der Waals surface area contributed by atoms with Crippen LogP contribution in [0.2, 0.25) is 0 Å². The Labute approximate surface area is 179 Å². The van der Waals surface area contributed by atoms with E-state index in [2.05, 4.69) is 15.5 Å². The molecule has 152 valence electrons. The first-order valence-electron chi connectivity index (χ1n) is 9.59. The van der Waals surface area contributed by atoms with Gasteiger partial charge in [0.2, 0.25) is 5.91 Å². The largest absolute Gasteiger partial charge is 0.485 e. The molecule has 30 heavy (non-hydrogen) atoms. The standard InChI is InChI=1S/C23H22N4O2S/c1-16-8-3-6-13-20(16)29-14-21-25-26-23(27(21)2)30-15-22(28)24-19-12-7-10-17-9-4-5-11-18(17)19/h3-13H,14-15H2,1-2H3,(H,24,28). The van der Waals surface area contributed by atoms with Crippen LogP contribution in [0.4, 0.5) is 5.69 Å². The summed E-state index contributed by atoms with van der Waals surface area (Å²) in [6.07, 6.45) is 0. The molecule has 6 nitrogen and oxygen atoms in total. The number of aryl methyl sites for hydroxylation is 1. The molecule has 3 aromatic carbocycles. The molecule has 0 saturated heterocycles. The Hall–Kier alpha value is -3.32. The summed E-state index contributed by atoms with van der Waals surface area (Å²) in [5, 5.41) is 14.2. The van der Waals surface area contributed by atoms with E-state index in [0.717, 1.165) is 27.8 Å². The Kier molecular flexibility index (Phi) is 5.99. The first-order valence-corrected chi connectivity index (χ1v) is 10.6. The summed E-state index contributed by atoms with van der Waals surface area (Å²) in [6, 6.07) is 21.7. The number of para-hydroxylation sites is 1. The van der Waals surface area contributed by atoms with Crippen LogP contribution in [0.15, 0.2) is 71.9 Å². The number of nitrogens with one attached hydrogen (secondary N) is 1. The van der Waals surface area contributed by atoms with E-state index in [0.29, 0.717) is 17.6 Å². The topological polar surface area (TPSA) is 69.0 Å². The lowest BCUT2D eigenvalue weighted by Crippen LogP contribution is -2.14. The van der Waals surface area contributed by atoms with Crippen molar-refractivity contribution in [3.63, 3.8) is 0 Å². The fourth-order valence-electron chi connectivity index (χ4n) is 3.11. The Morgan fingerprint density at radius 2 is 1.80 bits per heavy atom. The summed E-state index contributed by atoms with van der Waals surface area (Å²) in [5.41, 5.74) is 1.88. The van der Waals surface area contributed by atoms with Gasteiger partial charge in [-0.05, 0) is 30.0 Å². The molecule has 7 heteroatoms. The molecule has 0 fully saturated rings. The number of anilines is 1. The first kappa shape index (κ1) is 20.0. The van der Waals surface area contributed by atoms with Crippen LogP contribution >= 0.6 is 11.8 Å². The highest BCUT2D eigenvalue weighted by molar-refractivity contribution is 7.99. The number of aromatic nitrogens is 3. The SMILES string of the molecule is Cc1ccccc1OCc1nnc(SCC(=O)Nc2cccc3ccccc23)n1C. The van der Waals surface area contributed by atoms with Gasteiger partial charge in [0.25, 0.3) is 0 Å². The first-order chi connectivity index (χ1) is 14.6. The maximum absolute atomic E-state index is 12.5. The number of fused-ring (bicyclic) bond motifs is 1. The molecule has 0 aliphatic rings. The monoisotopic (exact) mass is 418 g/mol. The van der Waals surface area contributed by atoms with E-state index in [1.54, 1.807) is 0 Å². The van der Waals surface area contributed by atoms with Crippen LogP contribution in [-0.2, 0) is 18.4 Å². The van der Waals surface area contributed by atoms with Crippen molar-refractivity contribution in [1.82, 2.24) is 14.8 Å². The fraction of sp³-hybridized carbons (Fsp3) is 0.174. The quantitative estimate of drug-likeness (QED) is 0.445. The Morgan fingerprint density at radius 1 is 1.03 bits per heavy atom. The van der Waals surface area contributed by atoms with Crippen molar-refractivity contribution in [3.05, 3.63) is 78.1 Å². The summed E-state index contributed by atoms with van der Waals surface area (Å²) in [4.78, 5) is 12.5. The summed E-state index contributed by atoms with van der Waals surface area (Å²) in [7, 11) is 1.88. The smallest absolute Gasteiger partial charge is 0.234 e. The van der Waals surface area contributed by atoms with Gasteiger partial charge in [-0.1, -0.05) is 66.4 Å². The third kappa shape index (κ3) is 4.46. The average molecular weight is 419 g/mol. The van der Waals surface area contributed by atoms with E-state index in [1.807, 2.05) is 85.3 Å². The van der Waals surface area contributed by atoms with E-state index >= 15 is 0 Å². The van der Waals surface area contributed by atoms with Crippen LogP contribution in [0.1, 0.15) is 11.4 Å². The van der Waals surface area contributed by atoms with Crippen molar-refractivity contribution in [2.24, 2.45) is 7.05 Å². The van der Waals surface area contributed by atoms with Crippen LogP contribution in [0.25, 0.3) is 10.8 Å². The lowest BCUT2D eigenvalue weighted by atomic mass is 10.1. The van der Waals surface area contributed by atoms with Gasteiger partial charge in [-0.2, -0.15) is 0 Å². The van der Waals surface area contributed by atoms with Crippen molar-refractivity contribution in [2.45, 2.75) is 18.7 Å². The zero-order valence-corrected chi connectivity index (χ0v) is 17.6. The van der Waals surface area contributed by atoms with E-state index < -0.39 is 0 Å². The number of rotatable bonds is 7.